The number of nitrogens with zero attached hydrogens (tertiary/aromatic N) is 4. The van der Waals surface area contributed by atoms with Crippen LogP contribution in [0.1, 0.15) is 17.5 Å². The minimum Gasteiger partial charge on any atom is -0.475 e. The van der Waals surface area contributed by atoms with Gasteiger partial charge in [-0.1, -0.05) is 36.4 Å². The number of alkyl halides is 3. The lowest BCUT2D eigenvalue weighted by Gasteiger charge is -2.28. The van der Waals surface area contributed by atoms with Gasteiger partial charge in [-0.15, -0.1) is 0 Å². The fourth-order valence-electron chi connectivity index (χ4n) is 4.00. The number of hydrogen-bond donors (Lipinski definition) is 2. The van der Waals surface area contributed by atoms with E-state index in [1.807, 2.05) is 20.0 Å². The number of carbonyl (C=O) groups is 1. The molecule has 0 aliphatic carbocycles. The first kappa shape index (κ1) is 29.8. The van der Waals surface area contributed by atoms with Crippen molar-refractivity contribution in [2.24, 2.45) is 0 Å². The summed E-state index contributed by atoms with van der Waals surface area (Å²) in [6.07, 6.45) is -2.47. The van der Waals surface area contributed by atoms with Gasteiger partial charge < -0.3 is 10.0 Å². The molecule has 1 aliphatic heterocycles. The number of pyridine rings is 2. The van der Waals surface area contributed by atoms with E-state index < -0.39 is 28.1 Å². The minimum atomic E-state index is -5.08. The number of hydrogen-bond acceptors (Lipinski definition) is 7. The minimum absolute atomic E-state index is 0.0879. The van der Waals surface area contributed by atoms with E-state index in [4.69, 9.17) is 9.90 Å². The monoisotopic (exact) mass is 569 g/mol. The lowest BCUT2D eigenvalue weighted by Crippen LogP contribution is -2.35. The molecular formula is C25H27F4N5O4S. The molecule has 14 heteroatoms. The second-order valence-corrected chi connectivity index (χ2v) is 10.5. The van der Waals surface area contributed by atoms with Gasteiger partial charge in [-0.25, -0.2) is 14.8 Å². The van der Waals surface area contributed by atoms with Crippen LogP contribution in [-0.2, 0) is 21.4 Å². The maximum Gasteiger partial charge on any atom is 0.490 e. The third kappa shape index (κ3) is 8.35. The first-order chi connectivity index (χ1) is 18.3. The normalized spacial score (nSPS) is 15.8. The van der Waals surface area contributed by atoms with Crippen LogP contribution in [-0.4, -0.2) is 66.7 Å². The predicted molar refractivity (Wildman–Crippen MR) is 136 cm³/mol. The Hall–Kier alpha value is -3.78. The van der Waals surface area contributed by atoms with E-state index in [-0.39, 0.29) is 10.8 Å². The van der Waals surface area contributed by atoms with E-state index in [0.29, 0.717) is 6.04 Å². The Bertz CT molecular complexity index is 1390. The largest absolute Gasteiger partial charge is 0.490 e. The number of rotatable bonds is 7. The molecule has 3 heterocycles. The molecule has 2 aromatic heterocycles. The molecular weight excluding hydrogens is 542 g/mol. The Labute approximate surface area is 223 Å². The van der Waals surface area contributed by atoms with Crippen LogP contribution in [0.3, 0.4) is 0 Å². The number of nitrogens with one attached hydrogen (secondary N) is 1. The molecule has 1 aliphatic rings. The van der Waals surface area contributed by atoms with Crippen molar-refractivity contribution in [3.05, 3.63) is 77.9 Å². The highest BCUT2D eigenvalue weighted by atomic mass is 32.2. The number of likely N-dealkylation sites (N-methyl/N-ethyl adjacent to an activating group) is 1. The van der Waals surface area contributed by atoms with Gasteiger partial charge in [-0.3, -0.25) is 9.62 Å². The first-order valence-corrected chi connectivity index (χ1v) is 13.2. The quantitative estimate of drug-likeness (QED) is 0.323. The number of aromatic nitrogens is 2. The highest BCUT2D eigenvalue weighted by molar-refractivity contribution is 7.92. The second kappa shape index (κ2) is 12.4. The van der Waals surface area contributed by atoms with Crippen LogP contribution in [0.15, 0.2) is 65.8 Å². The molecule has 3 aromatic rings. The SMILES string of the molecule is Cc1cc(S(=O)(=O)Nc2cccc(F)n2)ncc1N(C)[C@H]1CCN(Cc2ccccc2)C1.O=C(O)C(F)(F)F. The number of likely N-dealkylation sites (tertiary alicyclic amines) is 1. The molecule has 0 amide bonds. The summed E-state index contributed by atoms with van der Waals surface area (Å²) in [5.74, 6) is -3.60. The molecule has 0 unspecified atom stereocenters. The number of aliphatic carboxylic acids is 1. The van der Waals surface area contributed by atoms with Crippen molar-refractivity contribution >= 4 is 27.5 Å². The van der Waals surface area contributed by atoms with Gasteiger partial charge in [0.05, 0.1) is 11.9 Å². The van der Waals surface area contributed by atoms with E-state index in [1.165, 1.54) is 23.8 Å². The zero-order valence-electron chi connectivity index (χ0n) is 21.1. The van der Waals surface area contributed by atoms with Gasteiger partial charge in [0.25, 0.3) is 10.0 Å². The van der Waals surface area contributed by atoms with Gasteiger partial charge in [-0.05, 0) is 42.7 Å². The summed E-state index contributed by atoms with van der Waals surface area (Å²) in [6, 6.07) is 16.2. The number of carboxylic acid groups (broad SMARTS) is 1. The lowest BCUT2D eigenvalue weighted by atomic mass is 10.1. The number of carboxylic acids is 1. The van der Waals surface area contributed by atoms with E-state index in [9.17, 15) is 26.0 Å². The van der Waals surface area contributed by atoms with Gasteiger partial charge in [0.2, 0.25) is 5.95 Å². The molecule has 9 nitrogen and oxygen atoms in total. The number of benzene rings is 1. The third-order valence-corrected chi connectivity index (χ3v) is 7.21. The van der Waals surface area contributed by atoms with Crippen molar-refractivity contribution < 1.29 is 35.9 Å². The molecule has 210 valence electrons. The Morgan fingerprint density at radius 2 is 1.85 bits per heavy atom. The Balaban J connectivity index is 0.000000532. The van der Waals surface area contributed by atoms with Gasteiger partial charge in [0.1, 0.15) is 5.82 Å². The first-order valence-electron chi connectivity index (χ1n) is 11.7. The summed E-state index contributed by atoms with van der Waals surface area (Å²) < 4.78 is 72.6. The van der Waals surface area contributed by atoms with E-state index in [0.717, 1.165) is 43.4 Å². The van der Waals surface area contributed by atoms with E-state index in [2.05, 4.69) is 48.8 Å². The fourth-order valence-corrected chi connectivity index (χ4v) is 5.02. The molecule has 39 heavy (non-hydrogen) atoms. The van der Waals surface area contributed by atoms with Crippen LogP contribution in [0.2, 0.25) is 0 Å². The zero-order chi connectivity index (χ0) is 28.8. The molecule has 1 atom stereocenters. The van der Waals surface area contributed by atoms with Crippen molar-refractivity contribution in [1.29, 1.82) is 0 Å². The lowest BCUT2D eigenvalue weighted by molar-refractivity contribution is -0.192. The highest BCUT2D eigenvalue weighted by Crippen LogP contribution is 2.27. The summed E-state index contributed by atoms with van der Waals surface area (Å²) in [5.41, 5.74) is 2.99. The number of aryl methyl sites for hydroxylation is 1. The average molecular weight is 570 g/mol. The summed E-state index contributed by atoms with van der Waals surface area (Å²) in [4.78, 5) is 21.2. The highest BCUT2D eigenvalue weighted by Gasteiger charge is 2.38. The Kier molecular flexibility index (Phi) is 9.45. The molecule has 4 rings (SSSR count). The maximum absolute atomic E-state index is 13.3. The van der Waals surface area contributed by atoms with Crippen LogP contribution in [0.4, 0.5) is 29.1 Å². The second-order valence-electron chi connectivity index (χ2n) is 8.84. The molecule has 0 bridgehead atoms. The predicted octanol–water partition coefficient (Wildman–Crippen LogP) is 4.07. The molecule has 1 saturated heterocycles. The zero-order valence-corrected chi connectivity index (χ0v) is 21.9. The Morgan fingerprint density at radius 3 is 2.44 bits per heavy atom. The summed E-state index contributed by atoms with van der Waals surface area (Å²) in [6.45, 7) is 4.72. The molecule has 1 fully saturated rings. The summed E-state index contributed by atoms with van der Waals surface area (Å²) in [7, 11) is -1.96. The number of halogens is 4. The summed E-state index contributed by atoms with van der Waals surface area (Å²) >= 11 is 0. The van der Waals surface area contributed by atoms with Crippen molar-refractivity contribution in [3.8, 4) is 0 Å². The van der Waals surface area contributed by atoms with Crippen LogP contribution >= 0.6 is 0 Å². The molecule has 0 spiro atoms. The van der Waals surface area contributed by atoms with Gasteiger partial charge in [0, 0.05) is 32.7 Å². The van der Waals surface area contributed by atoms with Crippen LogP contribution in [0, 0.1) is 12.9 Å². The van der Waals surface area contributed by atoms with Crippen LogP contribution < -0.4 is 9.62 Å². The third-order valence-electron chi connectivity index (χ3n) is 5.95. The molecule has 0 radical (unpaired) electrons. The van der Waals surface area contributed by atoms with Crippen LogP contribution in [0.25, 0.3) is 0 Å². The van der Waals surface area contributed by atoms with Crippen molar-refractivity contribution in [1.82, 2.24) is 14.9 Å². The summed E-state index contributed by atoms with van der Waals surface area (Å²) in [5, 5.41) is 7.00. The molecule has 2 N–H and O–H groups in total. The molecule has 0 saturated carbocycles. The molecule has 1 aromatic carbocycles. The van der Waals surface area contributed by atoms with Crippen molar-refractivity contribution in [2.75, 3.05) is 29.8 Å². The number of sulfonamides is 1. The van der Waals surface area contributed by atoms with Crippen LogP contribution in [0.5, 0.6) is 0 Å². The van der Waals surface area contributed by atoms with Crippen molar-refractivity contribution in [2.45, 2.75) is 37.1 Å². The fraction of sp³-hybridized carbons (Fsp3) is 0.320. The number of anilines is 2. The topological polar surface area (TPSA) is 116 Å². The average Bonchev–Trinajstić information content (AvgIpc) is 3.32. The maximum atomic E-state index is 13.3. The Morgan fingerprint density at radius 1 is 1.18 bits per heavy atom. The van der Waals surface area contributed by atoms with E-state index >= 15 is 0 Å². The van der Waals surface area contributed by atoms with E-state index in [1.54, 1.807) is 6.20 Å². The van der Waals surface area contributed by atoms with Gasteiger partial charge >= 0.3 is 12.1 Å². The van der Waals surface area contributed by atoms with Gasteiger partial charge in [0.15, 0.2) is 5.03 Å². The van der Waals surface area contributed by atoms with Crippen molar-refractivity contribution in [3.63, 3.8) is 0 Å². The van der Waals surface area contributed by atoms with Gasteiger partial charge in [-0.2, -0.15) is 26.0 Å². The standard InChI is InChI=1S/C23H26FN5O2S.C2HF3O2/c1-17-13-23(32(30,31)27-22-10-6-9-21(24)26-22)25-14-20(17)28(2)19-11-12-29(16-19)15-18-7-4-3-5-8-18;3-2(4,5)1(6)7/h3-10,13-14,19H,11-12,15-16H2,1-2H3,(H,26,27);(H,6,7)/t19-;/m0./s1. The smallest absolute Gasteiger partial charge is 0.475 e.